The van der Waals surface area contributed by atoms with Crippen molar-refractivity contribution in [1.82, 2.24) is 5.32 Å². The topological polar surface area (TPSA) is 81.7 Å². The maximum absolute atomic E-state index is 12.6. The van der Waals surface area contributed by atoms with Crippen LogP contribution in [0.1, 0.15) is 54.9 Å². The molecule has 6 nitrogen and oxygen atoms in total. The number of nitrogens with one attached hydrogen (secondary N) is 2. The number of nitrogens with zero attached hydrogens (tertiary/aromatic N) is 1. The Hall–Kier alpha value is -3.80. The number of anilines is 2. The van der Waals surface area contributed by atoms with Crippen LogP contribution in [0.2, 0.25) is 0 Å². The smallest absolute Gasteiger partial charge is 0.337 e. The Kier molecular flexibility index (Phi) is 9.72. The Labute approximate surface area is 208 Å². The highest BCUT2D eigenvalue weighted by atomic mass is 16.4. The van der Waals surface area contributed by atoms with Crippen LogP contribution in [0.3, 0.4) is 0 Å². The molecule has 2 amide bonds. The van der Waals surface area contributed by atoms with E-state index in [1.54, 1.807) is 30.1 Å². The Balaban J connectivity index is 1.58. The maximum Gasteiger partial charge on any atom is 0.337 e. The van der Waals surface area contributed by atoms with Gasteiger partial charge in [-0.3, -0.25) is 4.90 Å². The normalized spacial score (nSPS) is 10.6. The van der Waals surface area contributed by atoms with E-state index in [-0.39, 0.29) is 11.6 Å². The van der Waals surface area contributed by atoms with Crippen molar-refractivity contribution in [3.05, 3.63) is 83.9 Å². The fourth-order valence-corrected chi connectivity index (χ4v) is 3.89. The number of carboxylic acid groups (broad SMARTS) is 1. The maximum atomic E-state index is 12.6. The lowest BCUT2D eigenvalue weighted by molar-refractivity contribution is 0.0698. The molecule has 0 saturated heterocycles. The summed E-state index contributed by atoms with van der Waals surface area (Å²) in [4.78, 5) is 25.6. The standard InChI is InChI=1S/C29H35N3O3/c1-3-4-5-6-9-19-30-29(35)32(2)25-12-10-11-24(20-25)23-17-15-22(16-18-23)21-31-27-14-8-7-13-26(27)28(33)34/h7-8,10-18,20,31H,3-6,9,19,21H2,1-2H3,(H,30,35)(H,33,34). The minimum absolute atomic E-state index is 0.0966. The minimum atomic E-state index is -0.950. The number of benzene rings is 3. The van der Waals surface area contributed by atoms with E-state index >= 15 is 0 Å². The number of para-hydroxylation sites is 1. The molecule has 0 radical (unpaired) electrons. The van der Waals surface area contributed by atoms with Gasteiger partial charge in [-0.05, 0) is 47.4 Å². The van der Waals surface area contributed by atoms with Crippen LogP contribution in [0.5, 0.6) is 0 Å². The monoisotopic (exact) mass is 473 g/mol. The van der Waals surface area contributed by atoms with Crippen LogP contribution < -0.4 is 15.5 Å². The predicted octanol–water partition coefficient (Wildman–Crippen LogP) is 6.78. The zero-order chi connectivity index (χ0) is 25.0. The lowest BCUT2D eigenvalue weighted by atomic mass is 10.0. The van der Waals surface area contributed by atoms with Crippen LogP contribution >= 0.6 is 0 Å². The molecule has 0 atom stereocenters. The molecule has 0 saturated carbocycles. The Morgan fingerprint density at radius 2 is 1.60 bits per heavy atom. The summed E-state index contributed by atoms with van der Waals surface area (Å²) in [7, 11) is 1.79. The second-order valence-corrected chi connectivity index (χ2v) is 8.66. The summed E-state index contributed by atoms with van der Waals surface area (Å²) >= 11 is 0. The lowest BCUT2D eigenvalue weighted by Crippen LogP contribution is -2.37. The molecule has 3 rings (SSSR count). The van der Waals surface area contributed by atoms with Gasteiger partial charge in [-0.15, -0.1) is 0 Å². The molecule has 0 aliphatic carbocycles. The number of carboxylic acids is 1. The third-order valence-corrected chi connectivity index (χ3v) is 6.02. The summed E-state index contributed by atoms with van der Waals surface area (Å²) < 4.78 is 0. The van der Waals surface area contributed by atoms with Crippen LogP contribution in [0.4, 0.5) is 16.2 Å². The van der Waals surface area contributed by atoms with Crippen LogP contribution in [-0.4, -0.2) is 30.7 Å². The molecule has 35 heavy (non-hydrogen) atoms. The third kappa shape index (κ3) is 7.60. The number of amides is 2. The second-order valence-electron chi connectivity index (χ2n) is 8.66. The molecule has 0 bridgehead atoms. The summed E-state index contributed by atoms with van der Waals surface area (Å²) in [6.07, 6.45) is 5.82. The highest BCUT2D eigenvalue weighted by Gasteiger charge is 2.11. The number of unbranched alkanes of at least 4 members (excludes halogenated alkanes) is 4. The van der Waals surface area contributed by atoms with Crippen molar-refractivity contribution in [2.45, 2.75) is 45.6 Å². The van der Waals surface area contributed by atoms with Crippen molar-refractivity contribution in [1.29, 1.82) is 0 Å². The molecule has 3 aromatic rings. The fourth-order valence-electron chi connectivity index (χ4n) is 3.89. The van der Waals surface area contributed by atoms with Crippen molar-refractivity contribution in [3.63, 3.8) is 0 Å². The van der Waals surface area contributed by atoms with Gasteiger partial charge in [0.2, 0.25) is 0 Å². The number of carbonyl (C=O) groups excluding carboxylic acids is 1. The molecular weight excluding hydrogens is 438 g/mol. The lowest BCUT2D eigenvalue weighted by Gasteiger charge is -2.19. The molecule has 0 aromatic heterocycles. The number of urea groups is 1. The van der Waals surface area contributed by atoms with Crippen LogP contribution in [-0.2, 0) is 6.54 Å². The first-order valence-corrected chi connectivity index (χ1v) is 12.3. The highest BCUT2D eigenvalue weighted by molar-refractivity contribution is 5.94. The molecule has 0 heterocycles. The van der Waals surface area contributed by atoms with E-state index in [1.807, 2.05) is 54.6 Å². The zero-order valence-corrected chi connectivity index (χ0v) is 20.6. The molecule has 0 aliphatic rings. The van der Waals surface area contributed by atoms with E-state index in [0.717, 1.165) is 35.2 Å². The molecule has 6 heteroatoms. The van der Waals surface area contributed by atoms with Crippen LogP contribution in [0.25, 0.3) is 11.1 Å². The van der Waals surface area contributed by atoms with E-state index in [0.29, 0.717) is 18.8 Å². The van der Waals surface area contributed by atoms with E-state index in [1.165, 1.54) is 19.3 Å². The molecule has 0 unspecified atom stereocenters. The average Bonchev–Trinajstić information content (AvgIpc) is 2.89. The van der Waals surface area contributed by atoms with Gasteiger partial charge in [-0.2, -0.15) is 0 Å². The van der Waals surface area contributed by atoms with E-state index in [9.17, 15) is 14.7 Å². The molecular formula is C29H35N3O3. The molecule has 184 valence electrons. The molecule has 3 aromatic carbocycles. The number of hydrogen-bond acceptors (Lipinski definition) is 3. The number of hydrogen-bond donors (Lipinski definition) is 3. The van der Waals surface area contributed by atoms with Gasteiger partial charge in [-0.25, -0.2) is 9.59 Å². The van der Waals surface area contributed by atoms with E-state index < -0.39 is 5.97 Å². The van der Waals surface area contributed by atoms with Gasteiger partial charge >= 0.3 is 12.0 Å². The SMILES string of the molecule is CCCCCCCNC(=O)N(C)c1cccc(-c2ccc(CNc3ccccc3C(=O)O)cc2)c1. The fraction of sp³-hybridized carbons (Fsp3) is 0.310. The average molecular weight is 474 g/mol. The summed E-state index contributed by atoms with van der Waals surface area (Å²) in [5.41, 5.74) is 4.80. The van der Waals surface area contributed by atoms with Crippen molar-refractivity contribution in [2.24, 2.45) is 0 Å². The Bertz CT molecular complexity index is 1110. The molecule has 0 fully saturated rings. The molecule has 0 spiro atoms. The largest absolute Gasteiger partial charge is 0.478 e. The van der Waals surface area contributed by atoms with Gasteiger partial charge in [0.25, 0.3) is 0 Å². The summed E-state index contributed by atoms with van der Waals surface area (Å²) in [6.45, 7) is 3.41. The summed E-state index contributed by atoms with van der Waals surface area (Å²) in [5.74, 6) is -0.950. The third-order valence-electron chi connectivity index (χ3n) is 6.02. The van der Waals surface area contributed by atoms with Crippen LogP contribution in [0, 0.1) is 0 Å². The van der Waals surface area contributed by atoms with E-state index in [2.05, 4.69) is 17.6 Å². The minimum Gasteiger partial charge on any atom is -0.478 e. The van der Waals surface area contributed by atoms with Crippen molar-refractivity contribution in [3.8, 4) is 11.1 Å². The van der Waals surface area contributed by atoms with Gasteiger partial charge < -0.3 is 15.7 Å². The number of aromatic carboxylic acids is 1. The summed E-state index contributed by atoms with van der Waals surface area (Å²) in [6, 6.07) is 22.8. The Morgan fingerprint density at radius 3 is 2.34 bits per heavy atom. The quantitative estimate of drug-likeness (QED) is 0.253. The van der Waals surface area contributed by atoms with Gasteiger partial charge in [0, 0.05) is 31.5 Å². The van der Waals surface area contributed by atoms with E-state index in [4.69, 9.17) is 0 Å². The van der Waals surface area contributed by atoms with Gasteiger partial charge in [-0.1, -0.05) is 81.1 Å². The van der Waals surface area contributed by atoms with Gasteiger partial charge in [0.1, 0.15) is 0 Å². The zero-order valence-electron chi connectivity index (χ0n) is 20.6. The Morgan fingerprint density at radius 1 is 0.857 bits per heavy atom. The van der Waals surface area contributed by atoms with Crippen molar-refractivity contribution < 1.29 is 14.7 Å². The number of rotatable bonds is 12. The number of carbonyl (C=O) groups is 2. The van der Waals surface area contributed by atoms with Crippen LogP contribution in [0.15, 0.2) is 72.8 Å². The van der Waals surface area contributed by atoms with Gasteiger partial charge in [0.15, 0.2) is 0 Å². The summed E-state index contributed by atoms with van der Waals surface area (Å²) in [5, 5.41) is 15.5. The van der Waals surface area contributed by atoms with Gasteiger partial charge in [0.05, 0.1) is 5.56 Å². The van der Waals surface area contributed by atoms with Crippen molar-refractivity contribution >= 4 is 23.4 Å². The molecule has 0 aliphatic heterocycles. The molecule has 3 N–H and O–H groups in total. The first-order valence-electron chi connectivity index (χ1n) is 12.3. The first kappa shape index (κ1) is 25.8. The predicted molar refractivity (Wildman–Crippen MR) is 143 cm³/mol. The van der Waals surface area contributed by atoms with Crippen molar-refractivity contribution in [2.75, 3.05) is 23.8 Å². The highest BCUT2D eigenvalue weighted by Crippen LogP contribution is 2.25. The first-order chi connectivity index (χ1) is 17.0. The second kappa shape index (κ2) is 13.2.